The first-order valence-electron chi connectivity index (χ1n) is 8.23. The SMILES string of the molecule is CC(C)(C)[Si](C)(C)OCC(NS(=O)(=O)C(C)(C)C)c1ccncc1. The summed E-state index contributed by atoms with van der Waals surface area (Å²) in [6.07, 6.45) is 3.33. The maximum absolute atomic E-state index is 12.6. The Morgan fingerprint density at radius 2 is 1.62 bits per heavy atom. The summed E-state index contributed by atoms with van der Waals surface area (Å²) >= 11 is 0. The van der Waals surface area contributed by atoms with Crippen LogP contribution in [0.2, 0.25) is 18.1 Å². The molecule has 138 valence electrons. The van der Waals surface area contributed by atoms with E-state index in [4.69, 9.17) is 4.43 Å². The summed E-state index contributed by atoms with van der Waals surface area (Å²) in [6, 6.07) is 3.22. The van der Waals surface area contributed by atoms with Gasteiger partial charge in [-0.2, -0.15) is 0 Å². The normalized spacial score (nSPS) is 15.3. The zero-order valence-electron chi connectivity index (χ0n) is 16.2. The van der Waals surface area contributed by atoms with Gasteiger partial charge in [-0.25, -0.2) is 13.1 Å². The first-order chi connectivity index (χ1) is 10.7. The first kappa shape index (κ1) is 21.3. The van der Waals surface area contributed by atoms with Crippen molar-refractivity contribution >= 4 is 18.3 Å². The van der Waals surface area contributed by atoms with Crippen molar-refractivity contribution < 1.29 is 12.8 Å². The highest BCUT2D eigenvalue weighted by Gasteiger charge is 2.38. The van der Waals surface area contributed by atoms with Crippen LogP contribution in [0.15, 0.2) is 24.5 Å². The van der Waals surface area contributed by atoms with Crippen LogP contribution < -0.4 is 4.72 Å². The van der Waals surface area contributed by atoms with Crippen LogP contribution in [0.1, 0.15) is 53.1 Å². The predicted molar refractivity (Wildman–Crippen MR) is 102 cm³/mol. The minimum atomic E-state index is -3.48. The van der Waals surface area contributed by atoms with Crippen molar-refractivity contribution in [1.29, 1.82) is 0 Å². The number of nitrogens with zero attached hydrogens (tertiary/aromatic N) is 1. The van der Waals surface area contributed by atoms with E-state index in [-0.39, 0.29) is 5.04 Å². The van der Waals surface area contributed by atoms with Crippen molar-refractivity contribution in [3.05, 3.63) is 30.1 Å². The highest BCUT2D eigenvalue weighted by molar-refractivity contribution is 7.90. The molecule has 1 aromatic rings. The van der Waals surface area contributed by atoms with E-state index in [1.807, 2.05) is 12.1 Å². The molecule has 5 nitrogen and oxygen atoms in total. The first-order valence-corrected chi connectivity index (χ1v) is 12.6. The lowest BCUT2D eigenvalue weighted by Crippen LogP contribution is -2.46. The maximum Gasteiger partial charge on any atom is 0.217 e. The van der Waals surface area contributed by atoms with Crippen LogP contribution in [0.5, 0.6) is 0 Å². The van der Waals surface area contributed by atoms with E-state index in [2.05, 4.69) is 43.6 Å². The van der Waals surface area contributed by atoms with Gasteiger partial charge in [-0.1, -0.05) is 20.8 Å². The Kier molecular flexibility index (Phi) is 6.41. The molecule has 1 aromatic heterocycles. The molecule has 24 heavy (non-hydrogen) atoms. The Morgan fingerprint density at radius 3 is 2.04 bits per heavy atom. The lowest BCUT2D eigenvalue weighted by molar-refractivity contribution is 0.256. The van der Waals surface area contributed by atoms with Gasteiger partial charge in [0, 0.05) is 12.4 Å². The molecule has 0 fully saturated rings. The zero-order valence-corrected chi connectivity index (χ0v) is 18.0. The van der Waals surface area contributed by atoms with Gasteiger partial charge in [0.05, 0.1) is 17.4 Å². The zero-order chi connectivity index (χ0) is 18.8. The van der Waals surface area contributed by atoms with Crippen molar-refractivity contribution in [3.63, 3.8) is 0 Å². The predicted octanol–water partition coefficient (Wildman–Crippen LogP) is 3.86. The molecule has 0 radical (unpaired) electrons. The third-order valence-corrected chi connectivity index (χ3v) is 11.3. The fourth-order valence-corrected chi connectivity index (χ4v) is 3.61. The van der Waals surface area contributed by atoms with E-state index in [0.29, 0.717) is 6.61 Å². The molecule has 0 aliphatic rings. The van der Waals surface area contributed by atoms with E-state index in [9.17, 15) is 8.42 Å². The number of pyridine rings is 1. The van der Waals surface area contributed by atoms with Crippen molar-refractivity contribution in [1.82, 2.24) is 9.71 Å². The molecule has 1 rings (SSSR count). The Hall–Kier alpha value is -0.763. The average Bonchev–Trinajstić information content (AvgIpc) is 2.42. The quantitative estimate of drug-likeness (QED) is 0.770. The minimum absolute atomic E-state index is 0.0682. The third-order valence-electron chi connectivity index (χ3n) is 4.63. The van der Waals surface area contributed by atoms with Crippen LogP contribution in [0.25, 0.3) is 0 Å². The topological polar surface area (TPSA) is 68.3 Å². The van der Waals surface area contributed by atoms with Gasteiger partial charge in [0.15, 0.2) is 8.32 Å². The Balaban J connectivity index is 3.05. The van der Waals surface area contributed by atoms with Crippen molar-refractivity contribution in [2.24, 2.45) is 0 Å². The molecule has 0 amide bonds. The average molecular weight is 373 g/mol. The number of hydrogen-bond acceptors (Lipinski definition) is 4. The van der Waals surface area contributed by atoms with Crippen LogP contribution >= 0.6 is 0 Å². The summed E-state index contributed by atoms with van der Waals surface area (Å²) in [5.41, 5.74) is 0.858. The van der Waals surface area contributed by atoms with Crippen molar-refractivity contribution in [2.75, 3.05) is 6.61 Å². The molecule has 1 heterocycles. The molecule has 0 bridgehead atoms. The second-order valence-electron chi connectivity index (χ2n) is 8.64. The van der Waals surface area contributed by atoms with Crippen LogP contribution in [-0.2, 0) is 14.4 Å². The molecule has 7 heteroatoms. The van der Waals surface area contributed by atoms with E-state index >= 15 is 0 Å². The monoisotopic (exact) mass is 372 g/mol. The molecular formula is C17H32N2O3SSi. The van der Waals surface area contributed by atoms with Gasteiger partial charge in [-0.05, 0) is 56.6 Å². The maximum atomic E-state index is 12.6. The molecule has 1 unspecified atom stereocenters. The number of sulfonamides is 1. The van der Waals surface area contributed by atoms with Crippen LogP contribution in [0, 0.1) is 0 Å². The largest absolute Gasteiger partial charge is 0.415 e. The summed E-state index contributed by atoms with van der Waals surface area (Å²) in [7, 11) is -5.46. The fraction of sp³-hybridized carbons (Fsp3) is 0.706. The standard InChI is InChI=1S/C17H32N2O3SSi/c1-16(2,3)23(20,21)19-15(14-9-11-18-12-10-14)13-22-24(7,8)17(4,5)6/h9-12,15,19H,13H2,1-8H3. The molecule has 0 aromatic carbocycles. The van der Waals surface area contributed by atoms with Gasteiger partial charge < -0.3 is 4.43 Å². The van der Waals surface area contributed by atoms with Gasteiger partial charge in [-0.3, -0.25) is 4.98 Å². The summed E-state index contributed by atoms with van der Waals surface area (Å²) in [6.45, 7) is 16.2. The Morgan fingerprint density at radius 1 is 1.12 bits per heavy atom. The van der Waals surface area contributed by atoms with Crippen LogP contribution in [0.4, 0.5) is 0 Å². The molecule has 1 atom stereocenters. The second kappa shape index (κ2) is 7.23. The lowest BCUT2D eigenvalue weighted by atomic mass is 10.1. The summed E-state index contributed by atoms with van der Waals surface area (Å²) < 4.78 is 33.4. The van der Waals surface area contributed by atoms with Gasteiger partial charge in [0.2, 0.25) is 10.0 Å². The van der Waals surface area contributed by atoms with Gasteiger partial charge in [0.25, 0.3) is 0 Å². The smallest absolute Gasteiger partial charge is 0.217 e. The second-order valence-corrected chi connectivity index (χ2v) is 15.9. The number of rotatable bonds is 6. The number of hydrogen-bond donors (Lipinski definition) is 1. The Labute approximate surface area is 148 Å². The summed E-state index contributed by atoms with van der Waals surface area (Å²) in [5.74, 6) is 0. The van der Waals surface area contributed by atoms with E-state index in [1.54, 1.807) is 33.2 Å². The fourth-order valence-electron chi connectivity index (χ4n) is 1.67. The Bertz CT molecular complexity index is 632. The number of nitrogens with one attached hydrogen (secondary N) is 1. The van der Waals surface area contributed by atoms with Gasteiger partial charge in [0.1, 0.15) is 0 Å². The minimum Gasteiger partial charge on any atom is -0.415 e. The molecule has 1 N–H and O–H groups in total. The summed E-state index contributed by atoms with van der Waals surface area (Å²) in [4.78, 5) is 4.01. The van der Waals surface area contributed by atoms with Gasteiger partial charge in [-0.15, -0.1) is 0 Å². The lowest BCUT2D eigenvalue weighted by Gasteiger charge is -2.37. The van der Waals surface area contributed by atoms with Crippen LogP contribution in [0.3, 0.4) is 0 Å². The number of aromatic nitrogens is 1. The molecular weight excluding hydrogens is 340 g/mol. The van der Waals surface area contributed by atoms with E-state index < -0.39 is 29.1 Å². The third kappa shape index (κ3) is 5.37. The molecule has 0 saturated carbocycles. The molecule has 0 saturated heterocycles. The molecule has 0 aliphatic carbocycles. The summed E-state index contributed by atoms with van der Waals surface area (Å²) in [5, 5.41) is 0.0682. The highest BCUT2D eigenvalue weighted by Crippen LogP contribution is 2.37. The van der Waals surface area contributed by atoms with Crippen molar-refractivity contribution in [3.8, 4) is 0 Å². The van der Waals surface area contributed by atoms with Gasteiger partial charge >= 0.3 is 0 Å². The van der Waals surface area contributed by atoms with E-state index in [0.717, 1.165) is 5.56 Å². The highest BCUT2D eigenvalue weighted by atomic mass is 32.2. The molecule has 0 spiro atoms. The van der Waals surface area contributed by atoms with Crippen molar-refractivity contribution in [2.45, 2.75) is 70.5 Å². The molecule has 0 aliphatic heterocycles. The van der Waals surface area contributed by atoms with Crippen LogP contribution in [-0.4, -0.2) is 33.1 Å². The van der Waals surface area contributed by atoms with E-state index in [1.165, 1.54) is 0 Å².